The molecule has 2 aromatic rings. The lowest BCUT2D eigenvalue weighted by molar-refractivity contribution is -0.127. The summed E-state index contributed by atoms with van der Waals surface area (Å²) in [6.45, 7) is 2.50. The number of amides is 1. The van der Waals surface area contributed by atoms with Crippen LogP contribution in [-0.4, -0.2) is 46.3 Å². The van der Waals surface area contributed by atoms with E-state index in [0.29, 0.717) is 18.0 Å². The molecule has 0 aliphatic carbocycles. The molecule has 2 heterocycles. The average Bonchev–Trinajstić information content (AvgIpc) is 2.77. The summed E-state index contributed by atoms with van der Waals surface area (Å²) < 4.78 is 31.4. The molecule has 2 aliphatic rings. The van der Waals surface area contributed by atoms with E-state index >= 15 is 0 Å². The standard InChI is InChI=1S/C22H27N3O4S/c1-30(27,28)25-16-21(29-20-8-4-3-7-19(20)25)22(26)23-15-17-9-11-18(12-10-17)24-13-5-2-6-14-24/h3-4,7-12,21H,2,5-6,13-16H2,1H3,(H,23,26)/t21-/m1/s1. The molecule has 30 heavy (non-hydrogen) atoms. The Labute approximate surface area is 177 Å². The fourth-order valence-electron chi connectivity index (χ4n) is 3.93. The number of hydrogen-bond acceptors (Lipinski definition) is 5. The number of hydrogen-bond donors (Lipinski definition) is 1. The van der Waals surface area contributed by atoms with Crippen LogP contribution in [-0.2, 0) is 21.4 Å². The van der Waals surface area contributed by atoms with Crippen molar-refractivity contribution in [3.8, 4) is 5.75 Å². The van der Waals surface area contributed by atoms with Crippen molar-refractivity contribution in [2.75, 3.05) is 35.1 Å². The van der Waals surface area contributed by atoms with E-state index in [0.717, 1.165) is 24.9 Å². The lowest BCUT2D eigenvalue weighted by Crippen LogP contribution is -2.50. The zero-order valence-electron chi connectivity index (χ0n) is 17.1. The first-order valence-electron chi connectivity index (χ1n) is 10.3. The first-order chi connectivity index (χ1) is 14.4. The monoisotopic (exact) mass is 429 g/mol. The Bertz CT molecular complexity index is 1000. The first kappa shape index (κ1) is 20.5. The van der Waals surface area contributed by atoms with Gasteiger partial charge in [0, 0.05) is 25.3 Å². The maximum absolute atomic E-state index is 12.7. The molecule has 2 aliphatic heterocycles. The molecule has 1 atom stereocenters. The number of sulfonamides is 1. The van der Waals surface area contributed by atoms with Crippen molar-refractivity contribution in [3.63, 3.8) is 0 Å². The molecule has 8 heteroatoms. The quantitative estimate of drug-likeness (QED) is 0.790. The second kappa shape index (κ2) is 8.55. The van der Waals surface area contributed by atoms with E-state index < -0.39 is 16.1 Å². The lowest BCUT2D eigenvalue weighted by Gasteiger charge is -2.33. The van der Waals surface area contributed by atoms with Crippen molar-refractivity contribution >= 4 is 27.3 Å². The van der Waals surface area contributed by atoms with E-state index in [4.69, 9.17) is 4.74 Å². The van der Waals surface area contributed by atoms with Gasteiger partial charge in [0.15, 0.2) is 6.10 Å². The lowest BCUT2D eigenvalue weighted by atomic mass is 10.1. The van der Waals surface area contributed by atoms with E-state index in [1.165, 1.54) is 29.3 Å². The Kier molecular flexibility index (Phi) is 5.85. The summed E-state index contributed by atoms with van der Waals surface area (Å²) in [5.74, 6) is 0.0541. The van der Waals surface area contributed by atoms with E-state index in [9.17, 15) is 13.2 Å². The Morgan fingerprint density at radius 2 is 1.77 bits per heavy atom. The van der Waals surface area contributed by atoms with Crippen molar-refractivity contribution in [2.45, 2.75) is 31.9 Å². The van der Waals surface area contributed by atoms with Crippen LogP contribution < -0.4 is 19.3 Å². The zero-order chi connectivity index (χ0) is 21.1. The fraction of sp³-hybridized carbons (Fsp3) is 0.409. The maximum atomic E-state index is 12.7. The van der Waals surface area contributed by atoms with Crippen LogP contribution in [0.4, 0.5) is 11.4 Å². The highest BCUT2D eigenvalue weighted by Crippen LogP contribution is 2.34. The Morgan fingerprint density at radius 1 is 1.07 bits per heavy atom. The predicted molar refractivity (Wildman–Crippen MR) is 117 cm³/mol. The number of anilines is 2. The highest BCUT2D eigenvalue weighted by molar-refractivity contribution is 7.92. The van der Waals surface area contributed by atoms with Crippen LogP contribution in [0, 0.1) is 0 Å². The van der Waals surface area contributed by atoms with Crippen LogP contribution in [0.15, 0.2) is 48.5 Å². The fourth-order valence-corrected chi connectivity index (χ4v) is 4.85. The van der Waals surface area contributed by atoms with Gasteiger partial charge >= 0.3 is 0 Å². The summed E-state index contributed by atoms with van der Waals surface area (Å²) in [6, 6.07) is 15.1. The summed E-state index contributed by atoms with van der Waals surface area (Å²) in [4.78, 5) is 15.1. The van der Waals surface area contributed by atoms with Gasteiger partial charge in [-0.05, 0) is 49.1 Å². The third-order valence-corrected chi connectivity index (χ3v) is 6.70. The average molecular weight is 430 g/mol. The third kappa shape index (κ3) is 4.53. The highest BCUT2D eigenvalue weighted by atomic mass is 32.2. The summed E-state index contributed by atoms with van der Waals surface area (Å²) in [6.07, 6.45) is 3.99. The minimum absolute atomic E-state index is 0.0461. The molecule has 4 rings (SSSR count). The molecule has 7 nitrogen and oxygen atoms in total. The van der Waals surface area contributed by atoms with Crippen molar-refractivity contribution in [3.05, 3.63) is 54.1 Å². The molecular formula is C22H27N3O4S. The molecule has 0 spiro atoms. The number of carbonyl (C=O) groups excluding carboxylic acids is 1. The summed E-state index contributed by atoms with van der Waals surface area (Å²) in [5, 5.41) is 2.87. The van der Waals surface area contributed by atoms with E-state index in [-0.39, 0.29) is 12.5 Å². The largest absolute Gasteiger partial charge is 0.476 e. The molecule has 1 fully saturated rings. The SMILES string of the molecule is CS(=O)(=O)N1C[C@H](C(=O)NCc2ccc(N3CCCCC3)cc2)Oc2ccccc21. The van der Waals surface area contributed by atoms with Crippen LogP contribution in [0.25, 0.3) is 0 Å². The Balaban J connectivity index is 1.39. The van der Waals surface area contributed by atoms with Gasteiger partial charge in [0.1, 0.15) is 5.75 Å². The predicted octanol–water partition coefficient (Wildman–Crippen LogP) is 2.52. The van der Waals surface area contributed by atoms with Crippen LogP contribution in [0.2, 0.25) is 0 Å². The number of piperidine rings is 1. The van der Waals surface area contributed by atoms with Crippen LogP contribution in [0.1, 0.15) is 24.8 Å². The van der Waals surface area contributed by atoms with E-state index in [2.05, 4.69) is 22.3 Å². The number of nitrogens with zero attached hydrogens (tertiary/aromatic N) is 2. The van der Waals surface area contributed by atoms with Crippen LogP contribution in [0.3, 0.4) is 0 Å². The zero-order valence-corrected chi connectivity index (χ0v) is 17.9. The van der Waals surface area contributed by atoms with Gasteiger partial charge in [-0.25, -0.2) is 8.42 Å². The van der Waals surface area contributed by atoms with E-state index in [1.54, 1.807) is 24.3 Å². The molecule has 0 unspecified atom stereocenters. The number of ether oxygens (including phenoxy) is 1. The van der Waals surface area contributed by atoms with Gasteiger partial charge in [-0.2, -0.15) is 0 Å². The molecule has 1 N–H and O–H groups in total. The molecule has 1 saturated heterocycles. The molecule has 0 radical (unpaired) electrons. The minimum atomic E-state index is -3.52. The van der Waals surface area contributed by atoms with Crippen LogP contribution in [0.5, 0.6) is 5.75 Å². The number of benzene rings is 2. The molecule has 0 bridgehead atoms. The van der Waals surface area contributed by atoms with Gasteiger partial charge < -0.3 is 15.0 Å². The topological polar surface area (TPSA) is 79.0 Å². The van der Waals surface area contributed by atoms with Crippen LogP contribution >= 0.6 is 0 Å². The van der Waals surface area contributed by atoms with Gasteiger partial charge in [-0.15, -0.1) is 0 Å². The Hall–Kier alpha value is -2.74. The maximum Gasteiger partial charge on any atom is 0.263 e. The summed E-state index contributed by atoms with van der Waals surface area (Å²) in [7, 11) is -3.52. The third-order valence-electron chi connectivity index (χ3n) is 5.55. The number of carbonyl (C=O) groups is 1. The van der Waals surface area contributed by atoms with Gasteiger partial charge in [-0.1, -0.05) is 24.3 Å². The normalized spacial score (nSPS) is 19.0. The summed E-state index contributed by atoms with van der Waals surface area (Å²) in [5.41, 5.74) is 2.65. The van der Waals surface area contributed by atoms with Gasteiger partial charge in [0.2, 0.25) is 10.0 Å². The molecular weight excluding hydrogens is 402 g/mol. The number of rotatable bonds is 5. The highest BCUT2D eigenvalue weighted by Gasteiger charge is 2.34. The second-order valence-corrected chi connectivity index (χ2v) is 9.71. The van der Waals surface area contributed by atoms with Crippen molar-refractivity contribution in [2.24, 2.45) is 0 Å². The number of para-hydroxylation sites is 2. The minimum Gasteiger partial charge on any atom is -0.476 e. The molecule has 160 valence electrons. The van der Waals surface area contributed by atoms with E-state index in [1.807, 2.05) is 12.1 Å². The molecule has 0 aromatic heterocycles. The molecule has 0 saturated carbocycles. The number of nitrogens with one attached hydrogen (secondary N) is 1. The molecule has 2 aromatic carbocycles. The number of fused-ring (bicyclic) bond motifs is 1. The molecule has 1 amide bonds. The Morgan fingerprint density at radius 3 is 2.47 bits per heavy atom. The van der Waals surface area contributed by atoms with Gasteiger partial charge in [0.25, 0.3) is 5.91 Å². The van der Waals surface area contributed by atoms with Gasteiger partial charge in [-0.3, -0.25) is 9.10 Å². The second-order valence-electron chi connectivity index (χ2n) is 7.80. The van der Waals surface area contributed by atoms with Crippen molar-refractivity contribution < 1.29 is 17.9 Å². The first-order valence-corrected chi connectivity index (χ1v) is 12.1. The summed E-state index contributed by atoms with van der Waals surface area (Å²) >= 11 is 0. The van der Waals surface area contributed by atoms with Crippen molar-refractivity contribution in [1.82, 2.24) is 5.32 Å². The smallest absolute Gasteiger partial charge is 0.263 e. The van der Waals surface area contributed by atoms with Gasteiger partial charge in [0.05, 0.1) is 18.5 Å². The van der Waals surface area contributed by atoms with Crippen molar-refractivity contribution in [1.29, 1.82) is 0 Å².